The summed E-state index contributed by atoms with van der Waals surface area (Å²) in [6.07, 6.45) is 2.36. The Morgan fingerprint density at radius 3 is 2.78 bits per heavy atom. The Hall–Kier alpha value is -2.64. The third kappa shape index (κ3) is 3.89. The molecule has 0 radical (unpaired) electrons. The molecule has 1 aliphatic heterocycles. The number of benzene rings is 1. The molecule has 27 heavy (non-hydrogen) atoms. The molecule has 2 amide bonds. The molecule has 2 aromatic heterocycles. The summed E-state index contributed by atoms with van der Waals surface area (Å²) in [5.74, 6) is -0.273. The number of aromatic amines is 1. The van der Waals surface area contributed by atoms with Crippen molar-refractivity contribution in [3.63, 3.8) is 0 Å². The zero-order chi connectivity index (χ0) is 18.6. The molecule has 0 aliphatic carbocycles. The van der Waals surface area contributed by atoms with E-state index in [1.807, 2.05) is 41.9 Å². The summed E-state index contributed by atoms with van der Waals surface area (Å²) in [5.41, 5.74) is 2.04. The second-order valence-electron chi connectivity index (χ2n) is 6.50. The Morgan fingerprint density at radius 1 is 1.19 bits per heavy atom. The molecule has 4 rings (SSSR count). The molecule has 1 atom stereocenters. The normalized spacial score (nSPS) is 15.6. The number of hydrogen-bond donors (Lipinski definition) is 2. The molecule has 1 aliphatic rings. The van der Waals surface area contributed by atoms with Crippen molar-refractivity contribution < 1.29 is 14.3 Å². The third-order valence-electron chi connectivity index (χ3n) is 4.77. The maximum atomic E-state index is 13.1. The first-order valence-corrected chi connectivity index (χ1v) is 9.86. The molecule has 0 bridgehead atoms. The Labute approximate surface area is 161 Å². The summed E-state index contributed by atoms with van der Waals surface area (Å²) >= 11 is 1.37. The Balaban J connectivity index is 1.58. The van der Waals surface area contributed by atoms with Gasteiger partial charge in [-0.2, -0.15) is 0 Å². The van der Waals surface area contributed by atoms with Gasteiger partial charge in [0, 0.05) is 36.6 Å². The number of aromatic nitrogens is 1. The standard InChI is InChI=1S/C20H21N3O3S/c24-19(18-6-3-11-27-18)22-17(20(25)23-7-9-26-10-8-23)12-14-13-21-16-5-2-1-4-15(14)16/h1-6,11,13,17,21H,7-10,12H2,(H,22,24)/t17-/m0/s1. The predicted octanol–water partition coefficient (Wildman–Crippen LogP) is 2.43. The molecule has 140 valence electrons. The van der Waals surface area contributed by atoms with Gasteiger partial charge in [0.2, 0.25) is 5.91 Å². The van der Waals surface area contributed by atoms with E-state index in [0.717, 1.165) is 16.5 Å². The highest BCUT2D eigenvalue weighted by atomic mass is 32.1. The van der Waals surface area contributed by atoms with Gasteiger partial charge in [0.25, 0.3) is 5.91 Å². The number of nitrogens with zero attached hydrogens (tertiary/aromatic N) is 1. The molecule has 1 aromatic carbocycles. The topological polar surface area (TPSA) is 74.4 Å². The number of nitrogens with one attached hydrogen (secondary N) is 2. The van der Waals surface area contributed by atoms with Crippen LogP contribution in [0, 0.1) is 0 Å². The highest BCUT2D eigenvalue weighted by Crippen LogP contribution is 2.20. The van der Waals surface area contributed by atoms with Gasteiger partial charge in [0.05, 0.1) is 18.1 Å². The molecular weight excluding hydrogens is 362 g/mol. The van der Waals surface area contributed by atoms with Gasteiger partial charge >= 0.3 is 0 Å². The van der Waals surface area contributed by atoms with Gasteiger partial charge in [-0.1, -0.05) is 24.3 Å². The molecule has 3 heterocycles. The van der Waals surface area contributed by atoms with Crippen molar-refractivity contribution in [2.75, 3.05) is 26.3 Å². The quantitative estimate of drug-likeness (QED) is 0.711. The molecule has 2 N–H and O–H groups in total. The molecule has 3 aromatic rings. The summed E-state index contributed by atoms with van der Waals surface area (Å²) in [6, 6.07) is 11.0. The van der Waals surface area contributed by atoms with E-state index in [2.05, 4.69) is 10.3 Å². The van der Waals surface area contributed by atoms with Crippen molar-refractivity contribution in [1.82, 2.24) is 15.2 Å². The van der Waals surface area contributed by atoms with Crippen molar-refractivity contribution in [2.45, 2.75) is 12.5 Å². The molecule has 1 saturated heterocycles. The van der Waals surface area contributed by atoms with Crippen molar-refractivity contribution >= 4 is 34.1 Å². The van der Waals surface area contributed by atoms with E-state index in [4.69, 9.17) is 4.74 Å². The number of fused-ring (bicyclic) bond motifs is 1. The molecule has 0 spiro atoms. The van der Waals surface area contributed by atoms with Crippen LogP contribution in [-0.4, -0.2) is 54.0 Å². The van der Waals surface area contributed by atoms with Crippen LogP contribution in [0.3, 0.4) is 0 Å². The molecule has 1 fully saturated rings. The van der Waals surface area contributed by atoms with E-state index in [0.29, 0.717) is 37.6 Å². The number of thiophene rings is 1. The van der Waals surface area contributed by atoms with E-state index in [-0.39, 0.29) is 11.8 Å². The lowest BCUT2D eigenvalue weighted by molar-refractivity contribution is -0.137. The number of rotatable bonds is 5. The monoisotopic (exact) mass is 383 g/mol. The average Bonchev–Trinajstić information content (AvgIpc) is 3.38. The molecule has 0 saturated carbocycles. The second kappa shape index (κ2) is 7.94. The van der Waals surface area contributed by atoms with Crippen LogP contribution in [0.25, 0.3) is 10.9 Å². The second-order valence-corrected chi connectivity index (χ2v) is 7.45. The Bertz CT molecular complexity index is 929. The van der Waals surface area contributed by atoms with Crippen LogP contribution in [0.1, 0.15) is 15.2 Å². The molecule has 0 unspecified atom stereocenters. The Kier molecular flexibility index (Phi) is 5.22. The van der Waals surface area contributed by atoms with Gasteiger partial charge in [-0.3, -0.25) is 9.59 Å². The highest BCUT2D eigenvalue weighted by Gasteiger charge is 2.28. The first kappa shape index (κ1) is 17.8. The van der Waals surface area contributed by atoms with E-state index in [1.165, 1.54) is 11.3 Å². The van der Waals surface area contributed by atoms with E-state index in [9.17, 15) is 9.59 Å². The number of hydrogen-bond acceptors (Lipinski definition) is 4. The van der Waals surface area contributed by atoms with Crippen LogP contribution in [0.5, 0.6) is 0 Å². The number of H-pyrrole nitrogens is 1. The van der Waals surface area contributed by atoms with E-state index >= 15 is 0 Å². The predicted molar refractivity (Wildman–Crippen MR) is 105 cm³/mol. The highest BCUT2D eigenvalue weighted by molar-refractivity contribution is 7.12. The largest absolute Gasteiger partial charge is 0.378 e. The summed E-state index contributed by atoms with van der Waals surface area (Å²) in [6.45, 7) is 2.17. The fourth-order valence-corrected chi connectivity index (χ4v) is 3.99. The number of carbonyl (C=O) groups is 2. The minimum absolute atomic E-state index is 0.0616. The lowest BCUT2D eigenvalue weighted by Crippen LogP contribution is -2.52. The zero-order valence-electron chi connectivity index (χ0n) is 14.8. The van der Waals surface area contributed by atoms with Crippen molar-refractivity contribution in [2.24, 2.45) is 0 Å². The SMILES string of the molecule is O=C(N[C@@H](Cc1c[nH]c2ccccc12)C(=O)N1CCOCC1)c1cccs1. The fourth-order valence-electron chi connectivity index (χ4n) is 3.36. The van der Waals surface area contributed by atoms with Crippen LogP contribution >= 0.6 is 11.3 Å². The summed E-state index contributed by atoms with van der Waals surface area (Å²) in [5, 5.41) is 5.87. The molecule has 6 nitrogen and oxygen atoms in total. The van der Waals surface area contributed by atoms with Gasteiger partial charge in [0.15, 0.2) is 0 Å². The van der Waals surface area contributed by atoms with Crippen LogP contribution in [0.15, 0.2) is 48.0 Å². The van der Waals surface area contributed by atoms with E-state index in [1.54, 1.807) is 11.0 Å². The van der Waals surface area contributed by atoms with Gasteiger partial charge < -0.3 is 19.9 Å². The van der Waals surface area contributed by atoms with Gasteiger partial charge in [-0.15, -0.1) is 11.3 Å². The number of amides is 2. The maximum absolute atomic E-state index is 13.1. The summed E-state index contributed by atoms with van der Waals surface area (Å²) < 4.78 is 5.35. The lowest BCUT2D eigenvalue weighted by atomic mass is 10.0. The number of carbonyl (C=O) groups excluding carboxylic acids is 2. The summed E-state index contributed by atoms with van der Waals surface area (Å²) in [4.78, 5) is 31.3. The van der Waals surface area contributed by atoms with Crippen LogP contribution < -0.4 is 5.32 Å². The lowest BCUT2D eigenvalue weighted by Gasteiger charge is -2.30. The van der Waals surface area contributed by atoms with E-state index < -0.39 is 6.04 Å². The maximum Gasteiger partial charge on any atom is 0.262 e. The minimum atomic E-state index is -0.614. The van der Waals surface area contributed by atoms with Crippen molar-refractivity contribution in [1.29, 1.82) is 0 Å². The molecular formula is C20H21N3O3S. The van der Waals surface area contributed by atoms with Crippen LogP contribution in [-0.2, 0) is 16.0 Å². The average molecular weight is 383 g/mol. The number of para-hydroxylation sites is 1. The van der Waals surface area contributed by atoms with Gasteiger partial charge in [0.1, 0.15) is 6.04 Å². The Morgan fingerprint density at radius 2 is 2.00 bits per heavy atom. The fraction of sp³-hybridized carbons (Fsp3) is 0.300. The van der Waals surface area contributed by atoms with Crippen LogP contribution in [0.2, 0.25) is 0 Å². The summed E-state index contributed by atoms with van der Waals surface area (Å²) in [7, 11) is 0. The first-order chi connectivity index (χ1) is 13.2. The first-order valence-electron chi connectivity index (χ1n) is 8.98. The number of morpholine rings is 1. The van der Waals surface area contributed by atoms with Gasteiger partial charge in [-0.25, -0.2) is 0 Å². The minimum Gasteiger partial charge on any atom is -0.378 e. The van der Waals surface area contributed by atoms with Crippen molar-refractivity contribution in [3.8, 4) is 0 Å². The number of ether oxygens (including phenoxy) is 1. The van der Waals surface area contributed by atoms with Crippen molar-refractivity contribution in [3.05, 3.63) is 58.4 Å². The third-order valence-corrected chi connectivity index (χ3v) is 5.64. The van der Waals surface area contributed by atoms with Crippen LogP contribution in [0.4, 0.5) is 0 Å². The van der Waals surface area contributed by atoms with Gasteiger partial charge in [-0.05, 0) is 23.1 Å². The smallest absolute Gasteiger partial charge is 0.262 e. The zero-order valence-corrected chi connectivity index (χ0v) is 15.6. The molecule has 7 heteroatoms.